The zero-order valence-electron chi connectivity index (χ0n) is 13.8. The Bertz CT molecular complexity index is 565. The Hall–Kier alpha value is -1.43. The number of anilines is 1. The number of amides is 1. The third kappa shape index (κ3) is 5.94. The summed E-state index contributed by atoms with van der Waals surface area (Å²) in [5, 5.41) is 5.71. The maximum atomic E-state index is 12.7. The largest absolute Gasteiger partial charge is 0.416 e. The molecule has 1 aromatic rings. The molecule has 0 aliphatic heterocycles. The van der Waals surface area contributed by atoms with Crippen molar-refractivity contribution in [3.05, 3.63) is 28.8 Å². The van der Waals surface area contributed by atoms with Crippen LogP contribution in [0, 0.1) is 5.92 Å². The molecule has 3 nitrogen and oxygen atoms in total. The van der Waals surface area contributed by atoms with Gasteiger partial charge in [0.25, 0.3) is 0 Å². The molecule has 0 aliphatic rings. The number of hydrogen-bond acceptors (Lipinski definition) is 2. The minimum atomic E-state index is -4.46. The van der Waals surface area contributed by atoms with E-state index < -0.39 is 23.3 Å². The Morgan fingerprint density at radius 1 is 1.17 bits per heavy atom. The molecule has 7 heteroatoms. The second-order valence-electron chi connectivity index (χ2n) is 6.80. The van der Waals surface area contributed by atoms with Crippen LogP contribution in [0.3, 0.4) is 0 Å². The molecule has 1 amide bonds. The van der Waals surface area contributed by atoms with Crippen molar-refractivity contribution in [1.82, 2.24) is 5.32 Å². The number of carbonyl (C=O) groups is 1. The van der Waals surface area contributed by atoms with Crippen molar-refractivity contribution >= 4 is 23.2 Å². The lowest BCUT2D eigenvalue weighted by atomic mass is 10.0. The summed E-state index contributed by atoms with van der Waals surface area (Å²) in [6.45, 7) is 9.25. The maximum absolute atomic E-state index is 12.7. The van der Waals surface area contributed by atoms with E-state index in [9.17, 15) is 18.0 Å². The molecule has 0 aliphatic carbocycles. The van der Waals surface area contributed by atoms with E-state index in [1.54, 1.807) is 0 Å². The fourth-order valence-electron chi connectivity index (χ4n) is 1.96. The summed E-state index contributed by atoms with van der Waals surface area (Å²) in [6.07, 6.45) is -4.46. The van der Waals surface area contributed by atoms with Crippen LogP contribution in [0.1, 0.15) is 40.2 Å². The second kappa shape index (κ2) is 6.99. The van der Waals surface area contributed by atoms with E-state index in [2.05, 4.69) is 10.6 Å². The number of carbonyl (C=O) groups excluding carboxylic acids is 1. The molecule has 1 unspecified atom stereocenters. The number of halogens is 4. The molecular weight excluding hydrogens is 329 g/mol. The fraction of sp³-hybridized carbons (Fsp3) is 0.562. The predicted octanol–water partition coefficient (Wildman–Crippen LogP) is 4.71. The van der Waals surface area contributed by atoms with Gasteiger partial charge in [-0.15, -0.1) is 0 Å². The third-order valence-corrected chi connectivity index (χ3v) is 3.37. The van der Waals surface area contributed by atoms with Gasteiger partial charge in [-0.1, -0.05) is 25.4 Å². The van der Waals surface area contributed by atoms with Gasteiger partial charge in [-0.3, -0.25) is 4.79 Å². The van der Waals surface area contributed by atoms with Crippen molar-refractivity contribution in [2.45, 2.75) is 52.4 Å². The topological polar surface area (TPSA) is 41.1 Å². The summed E-state index contributed by atoms with van der Waals surface area (Å²) in [5.41, 5.74) is -0.939. The molecule has 2 N–H and O–H groups in total. The molecule has 0 heterocycles. The maximum Gasteiger partial charge on any atom is 0.416 e. The molecule has 0 aromatic heterocycles. The molecule has 23 heavy (non-hydrogen) atoms. The van der Waals surface area contributed by atoms with E-state index in [1.165, 1.54) is 6.07 Å². The standard InChI is InChI=1S/C16H22ClF3N2O/c1-9(2)13(14(23)22-15(3,4)5)21-12-7-6-10(8-11(12)17)16(18,19)20/h6-9,13,21H,1-5H3,(H,22,23). The molecule has 0 saturated carbocycles. The second-order valence-corrected chi connectivity index (χ2v) is 7.20. The lowest BCUT2D eigenvalue weighted by molar-refractivity contribution is -0.137. The quantitative estimate of drug-likeness (QED) is 0.825. The summed E-state index contributed by atoms with van der Waals surface area (Å²) in [6, 6.07) is 2.42. The average molecular weight is 351 g/mol. The Labute approximate surface area is 139 Å². The van der Waals surface area contributed by atoms with Crippen LogP contribution in [0.15, 0.2) is 18.2 Å². The first-order chi connectivity index (χ1) is 10.3. The molecule has 1 aromatic carbocycles. The van der Waals surface area contributed by atoms with Crippen LogP contribution in [0.4, 0.5) is 18.9 Å². The van der Waals surface area contributed by atoms with E-state index >= 15 is 0 Å². The van der Waals surface area contributed by atoms with Gasteiger partial charge in [-0.2, -0.15) is 13.2 Å². The van der Waals surface area contributed by atoms with Crippen molar-refractivity contribution in [1.29, 1.82) is 0 Å². The van der Waals surface area contributed by atoms with Crippen molar-refractivity contribution in [3.8, 4) is 0 Å². The highest BCUT2D eigenvalue weighted by Crippen LogP contribution is 2.34. The van der Waals surface area contributed by atoms with Crippen molar-refractivity contribution in [3.63, 3.8) is 0 Å². The predicted molar refractivity (Wildman–Crippen MR) is 86.6 cm³/mol. The Morgan fingerprint density at radius 3 is 2.13 bits per heavy atom. The van der Waals surface area contributed by atoms with Crippen LogP contribution in [-0.4, -0.2) is 17.5 Å². The van der Waals surface area contributed by atoms with E-state index in [-0.39, 0.29) is 16.8 Å². The van der Waals surface area contributed by atoms with Crippen LogP contribution < -0.4 is 10.6 Å². The Morgan fingerprint density at radius 2 is 1.74 bits per heavy atom. The van der Waals surface area contributed by atoms with Crippen molar-refractivity contribution in [2.24, 2.45) is 5.92 Å². The first-order valence-corrected chi connectivity index (χ1v) is 7.64. The lowest BCUT2D eigenvalue weighted by Gasteiger charge is -2.28. The molecule has 0 saturated heterocycles. The van der Waals surface area contributed by atoms with Crippen LogP contribution in [0.25, 0.3) is 0 Å². The number of benzene rings is 1. The number of rotatable bonds is 4. The summed E-state index contributed by atoms with van der Waals surface area (Å²) in [4.78, 5) is 12.3. The first kappa shape index (κ1) is 19.6. The van der Waals surface area contributed by atoms with Crippen LogP contribution in [0.2, 0.25) is 5.02 Å². The van der Waals surface area contributed by atoms with E-state index in [0.29, 0.717) is 5.69 Å². The van der Waals surface area contributed by atoms with Gasteiger partial charge in [0, 0.05) is 5.54 Å². The molecule has 0 radical (unpaired) electrons. The molecule has 1 rings (SSSR count). The zero-order valence-corrected chi connectivity index (χ0v) is 14.6. The Balaban J connectivity index is 3.00. The molecule has 0 bridgehead atoms. The summed E-state index contributed by atoms with van der Waals surface area (Å²) in [7, 11) is 0. The molecular formula is C16H22ClF3N2O. The highest BCUT2D eigenvalue weighted by atomic mass is 35.5. The number of nitrogens with one attached hydrogen (secondary N) is 2. The fourth-order valence-corrected chi connectivity index (χ4v) is 2.19. The van der Waals surface area contributed by atoms with E-state index in [1.807, 2.05) is 34.6 Å². The summed E-state index contributed by atoms with van der Waals surface area (Å²) < 4.78 is 38.0. The molecule has 130 valence electrons. The van der Waals surface area contributed by atoms with Gasteiger partial charge in [0.2, 0.25) is 5.91 Å². The van der Waals surface area contributed by atoms with Gasteiger partial charge >= 0.3 is 6.18 Å². The van der Waals surface area contributed by atoms with Gasteiger partial charge < -0.3 is 10.6 Å². The van der Waals surface area contributed by atoms with Crippen molar-refractivity contribution in [2.75, 3.05) is 5.32 Å². The SMILES string of the molecule is CC(C)C(Nc1ccc(C(F)(F)F)cc1Cl)C(=O)NC(C)(C)C. The smallest absolute Gasteiger partial charge is 0.372 e. The van der Waals surface area contributed by atoms with Crippen LogP contribution in [-0.2, 0) is 11.0 Å². The van der Waals surface area contributed by atoms with Gasteiger partial charge in [0.15, 0.2) is 0 Å². The molecule has 0 fully saturated rings. The summed E-state index contributed by atoms with van der Waals surface area (Å²) in [5.74, 6) is -0.306. The highest BCUT2D eigenvalue weighted by Gasteiger charge is 2.31. The van der Waals surface area contributed by atoms with Crippen LogP contribution >= 0.6 is 11.6 Å². The lowest BCUT2D eigenvalue weighted by Crippen LogP contribution is -2.50. The van der Waals surface area contributed by atoms with E-state index in [4.69, 9.17) is 11.6 Å². The summed E-state index contributed by atoms with van der Waals surface area (Å²) >= 11 is 5.93. The minimum absolute atomic E-state index is 0.0734. The minimum Gasteiger partial charge on any atom is -0.372 e. The van der Waals surface area contributed by atoms with Gasteiger partial charge in [-0.05, 0) is 44.9 Å². The van der Waals surface area contributed by atoms with Gasteiger partial charge in [0.05, 0.1) is 16.3 Å². The van der Waals surface area contributed by atoms with E-state index in [0.717, 1.165) is 12.1 Å². The zero-order chi connectivity index (χ0) is 18.0. The number of alkyl halides is 3. The average Bonchev–Trinajstić information content (AvgIpc) is 2.33. The normalized spacial score (nSPS) is 13.8. The molecule has 1 atom stereocenters. The van der Waals surface area contributed by atoms with Gasteiger partial charge in [-0.25, -0.2) is 0 Å². The first-order valence-electron chi connectivity index (χ1n) is 7.26. The third-order valence-electron chi connectivity index (χ3n) is 3.05. The van der Waals surface area contributed by atoms with Crippen molar-refractivity contribution < 1.29 is 18.0 Å². The highest BCUT2D eigenvalue weighted by molar-refractivity contribution is 6.33. The molecule has 0 spiro atoms. The Kier molecular flexibility index (Phi) is 5.96. The number of hydrogen-bond donors (Lipinski definition) is 2. The monoisotopic (exact) mass is 350 g/mol. The van der Waals surface area contributed by atoms with Gasteiger partial charge in [0.1, 0.15) is 6.04 Å². The van der Waals surface area contributed by atoms with Crippen LogP contribution in [0.5, 0.6) is 0 Å².